The minimum atomic E-state index is -1.74. The van der Waals surface area contributed by atoms with E-state index >= 15 is 0 Å². The Morgan fingerprint density at radius 2 is 0.675 bits per heavy atom. The fraction of sp³-hybridized carbons (Fsp3) is 0.556. The monoisotopic (exact) mass is 678 g/mol. The summed E-state index contributed by atoms with van der Waals surface area (Å²) in [5, 5.41) is 76.1. The summed E-state index contributed by atoms with van der Waals surface area (Å²) in [5.74, 6) is -12.3. The molecule has 0 aromatic carbocycles. The predicted molar refractivity (Wildman–Crippen MR) is 99.8 cm³/mol. The summed E-state index contributed by atoms with van der Waals surface area (Å²) in [4.78, 5) is 85.1. The Balaban J connectivity index is -0.000000131. The van der Waals surface area contributed by atoms with Gasteiger partial charge >= 0.3 is 229 Å². The van der Waals surface area contributed by atoms with Crippen LogP contribution in [0.5, 0.6) is 0 Å². The molecule has 0 rings (SSSR count). The van der Waals surface area contributed by atoms with Crippen LogP contribution in [0.1, 0.15) is 25.7 Å². The van der Waals surface area contributed by atoms with Crippen LogP contribution in [0.3, 0.4) is 0 Å². The van der Waals surface area contributed by atoms with Crippen molar-refractivity contribution in [3.05, 3.63) is 0 Å². The molecule has 2 atom stereocenters. The molecule has 0 aliphatic heterocycles. The Morgan fingerprint density at radius 1 is 0.475 bits per heavy atom. The molecule has 0 spiro atoms. The molecule has 204 valence electrons. The van der Waals surface area contributed by atoms with Crippen LogP contribution in [0.15, 0.2) is 0 Å². The number of carbonyl (C=O) groups is 8. The normalized spacial score (nSPS) is 10.8. The molecule has 0 unspecified atom stereocenters. The first-order valence-electron chi connectivity index (χ1n) is 9.64. The average Bonchev–Trinajstić information content (AvgIpc) is 2.65. The molecule has 0 saturated heterocycles. The second-order valence-corrected chi connectivity index (χ2v) is 6.88. The Hall–Kier alpha value is 2.23. The van der Waals surface area contributed by atoms with E-state index in [9.17, 15) is 58.8 Å². The molecule has 0 radical (unpaired) electrons. The zero-order valence-corrected chi connectivity index (χ0v) is 34.9. The number of carboxylic acid groups (broad SMARTS) is 8. The van der Waals surface area contributed by atoms with Gasteiger partial charge in [-0.05, 0) is 25.7 Å². The van der Waals surface area contributed by atoms with E-state index in [0.717, 1.165) is 0 Å². The minimum absolute atomic E-state index is 0. The van der Waals surface area contributed by atoms with Gasteiger partial charge in [-0.2, -0.15) is 0 Å². The van der Waals surface area contributed by atoms with Crippen LogP contribution in [0.4, 0.5) is 0 Å². The van der Waals surface area contributed by atoms with Gasteiger partial charge in [-0.3, -0.25) is 29.0 Å². The molecule has 0 saturated carbocycles. The molecule has 0 aromatic heterocycles. The topological polar surface area (TPSA) is 316 Å². The maximum absolute atomic E-state index is 10.8. The van der Waals surface area contributed by atoms with Crippen molar-refractivity contribution in [3.63, 3.8) is 0 Å². The first-order valence-corrected chi connectivity index (χ1v) is 9.64. The van der Waals surface area contributed by atoms with Crippen molar-refractivity contribution in [2.24, 2.45) is 0 Å². The minimum Gasteiger partial charge on any atom is -0.550 e. The van der Waals surface area contributed by atoms with Crippen LogP contribution in [0.2, 0.25) is 0 Å². The summed E-state index contributed by atoms with van der Waals surface area (Å²) >= 11 is 0. The zero-order chi connectivity index (χ0) is 28.6. The summed E-state index contributed by atoms with van der Waals surface area (Å²) in [6.07, 6.45) is -2.28. The Morgan fingerprint density at radius 3 is 0.800 bits per heavy atom. The average molecular weight is 679 g/mol. The van der Waals surface area contributed by atoms with E-state index in [1.54, 1.807) is 0 Å². The van der Waals surface area contributed by atoms with Crippen LogP contribution in [0, 0.1) is 0 Å². The van der Waals surface area contributed by atoms with E-state index in [1.165, 1.54) is 0 Å². The SMILES string of the molecule is O=C([O-])CC[C@@H](C(=O)[O-])N(CC(=O)O)CC(=O)O.O=C([O-])CC[C@@H](C(=O)[O-])N(CC(=O)O)CC(=O)O.[K+].[K+].[K+].[K+]. The van der Waals surface area contributed by atoms with Crippen molar-refractivity contribution in [2.45, 2.75) is 37.8 Å². The van der Waals surface area contributed by atoms with Crippen molar-refractivity contribution in [2.75, 3.05) is 26.2 Å². The van der Waals surface area contributed by atoms with Gasteiger partial charge in [0.2, 0.25) is 0 Å². The van der Waals surface area contributed by atoms with E-state index < -0.39 is 112 Å². The summed E-state index contributed by atoms with van der Waals surface area (Å²) < 4.78 is 0. The van der Waals surface area contributed by atoms with Gasteiger partial charge in [0.05, 0.1) is 50.2 Å². The first-order chi connectivity index (χ1) is 16.5. The first kappa shape index (κ1) is 54.7. The van der Waals surface area contributed by atoms with Crippen molar-refractivity contribution < 1.29 is 285 Å². The van der Waals surface area contributed by atoms with Gasteiger partial charge < -0.3 is 60.0 Å². The van der Waals surface area contributed by atoms with E-state index in [2.05, 4.69) is 0 Å². The van der Waals surface area contributed by atoms with Crippen LogP contribution in [-0.2, 0) is 38.4 Å². The van der Waals surface area contributed by atoms with Gasteiger partial charge in [0.25, 0.3) is 0 Å². The molecular formula is C18H22K4N2O16. The summed E-state index contributed by atoms with van der Waals surface area (Å²) in [6, 6.07) is -3.23. The quantitative estimate of drug-likeness (QED) is 0.0977. The molecule has 40 heavy (non-hydrogen) atoms. The third-order valence-corrected chi connectivity index (χ3v) is 4.02. The molecule has 0 aliphatic carbocycles. The molecule has 0 amide bonds. The van der Waals surface area contributed by atoms with Crippen molar-refractivity contribution >= 4 is 47.8 Å². The molecule has 0 aromatic rings. The van der Waals surface area contributed by atoms with E-state index in [1.807, 2.05) is 0 Å². The molecule has 0 bridgehead atoms. The van der Waals surface area contributed by atoms with Gasteiger partial charge in [0, 0.05) is 11.9 Å². The maximum Gasteiger partial charge on any atom is 1.00 e. The molecule has 0 aliphatic rings. The van der Waals surface area contributed by atoms with Crippen LogP contribution < -0.4 is 226 Å². The fourth-order valence-corrected chi connectivity index (χ4v) is 2.66. The third kappa shape index (κ3) is 31.6. The van der Waals surface area contributed by atoms with Crippen molar-refractivity contribution in [1.29, 1.82) is 0 Å². The Kier molecular flexibility index (Phi) is 42.7. The number of rotatable bonds is 18. The number of carbonyl (C=O) groups excluding carboxylic acids is 4. The second kappa shape index (κ2) is 31.2. The number of aliphatic carboxylic acids is 8. The Bertz CT molecular complexity index is 760. The van der Waals surface area contributed by atoms with E-state index in [-0.39, 0.29) is 206 Å². The molecule has 0 heterocycles. The van der Waals surface area contributed by atoms with Gasteiger partial charge in [-0.25, -0.2) is 0 Å². The smallest absolute Gasteiger partial charge is 0.550 e. The largest absolute Gasteiger partial charge is 1.00 e. The predicted octanol–water partition coefficient (Wildman–Crippen LogP) is -19.8. The zero-order valence-electron chi connectivity index (χ0n) is 22.4. The maximum atomic E-state index is 10.8. The number of hydrogen-bond acceptors (Lipinski definition) is 14. The molecule has 4 N–H and O–H groups in total. The number of hydrogen-bond donors (Lipinski definition) is 4. The van der Waals surface area contributed by atoms with Gasteiger partial charge in [0.15, 0.2) is 0 Å². The number of nitrogens with zero attached hydrogens (tertiary/aromatic N) is 2. The van der Waals surface area contributed by atoms with Crippen LogP contribution in [-0.4, -0.2) is 116 Å². The van der Waals surface area contributed by atoms with Crippen LogP contribution >= 0.6 is 0 Å². The molecule has 18 nitrogen and oxygen atoms in total. The summed E-state index contributed by atoms with van der Waals surface area (Å²) in [5.41, 5.74) is 0. The van der Waals surface area contributed by atoms with Crippen molar-refractivity contribution in [1.82, 2.24) is 9.80 Å². The Labute approximate surface area is 397 Å². The summed E-state index contributed by atoms with van der Waals surface area (Å²) in [6.45, 7) is -3.40. The van der Waals surface area contributed by atoms with E-state index in [4.69, 9.17) is 20.4 Å². The van der Waals surface area contributed by atoms with Crippen LogP contribution in [0.25, 0.3) is 0 Å². The molecular weight excluding hydrogens is 657 g/mol. The summed E-state index contributed by atoms with van der Waals surface area (Å²) in [7, 11) is 0. The van der Waals surface area contributed by atoms with E-state index in [0.29, 0.717) is 9.80 Å². The standard InChI is InChI=1S/2C9H13NO8.4K/c2*11-6(12)2-1-5(9(17)18)10(3-7(13)14)4-8(15)16;;;;/h2*5H,1-4H2,(H,11,12)(H,13,14)(H,15,16)(H,17,18);;;;/q;;4*+1/p-4/t2*5-;;;;/m00..../s1. The fourth-order valence-electron chi connectivity index (χ4n) is 2.66. The molecule has 22 heteroatoms. The van der Waals surface area contributed by atoms with Crippen molar-refractivity contribution in [3.8, 4) is 0 Å². The third-order valence-electron chi connectivity index (χ3n) is 4.02. The number of carboxylic acids is 8. The van der Waals surface area contributed by atoms with Gasteiger partial charge in [-0.1, -0.05) is 0 Å². The van der Waals surface area contributed by atoms with Gasteiger partial charge in [-0.15, -0.1) is 0 Å². The molecule has 0 fully saturated rings. The van der Waals surface area contributed by atoms with Gasteiger partial charge in [0.1, 0.15) is 0 Å². The second-order valence-electron chi connectivity index (χ2n) is 6.88.